The summed E-state index contributed by atoms with van der Waals surface area (Å²) in [4.78, 5) is -0.522. The third-order valence-electron chi connectivity index (χ3n) is 2.46. The van der Waals surface area contributed by atoms with Crippen molar-refractivity contribution in [1.29, 1.82) is 0 Å². The monoisotopic (exact) mass is 309 g/mol. The van der Waals surface area contributed by atoms with Crippen molar-refractivity contribution in [1.82, 2.24) is 0 Å². The second-order valence-corrected chi connectivity index (χ2v) is 4.06. The van der Waals surface area contributed by atoms with Gasteiger partial charge in [-0.3, -0.25) is 4.90 Å². The lowest BCUT2D eigenvalue weighted by Gasteiger charge is -2.27. The van der Waals surface area contributed by atoms with Crippen LogP contribution in [0.4, 0.5) is 42.1 Å². The van der Waals surface area contributed by atoms with E-state index in [-0.39, 0.29) is 0 Å². The van der Waals surface area contributed by atoms with E-state index in [0.29, 0.717) is 36.4 Å². The molecule has 0 aromatic heterocycles. The molecule has 8 heteroatoms. The van der Waals surface area contributed by atoms with Crippen LogP contribution >= 0.6 is 0 Å². The Labute approximate surface area is 114 Å². The van der Waals surface area contributed by atoms with Gasteiger partial charge in [-0.15, -0.1) is 13.2 Å². The van der Waals surface area contributed by atoms with Crippen LogP contribution in [0.25, 0.3) is 0 Å². The van der Waals surface area contributed by atoms with Crippen LogP contribution in [0.5, 0.6) is 0 Å². The molecule has 0 aliphatic carbocycles. The highest BCUT2D eigenvalue weighted by Gasteiger charge is 2.39. The largest absolute Gasteiger partial charge is 0.489 e. The van der Waals surface area contributed by atoms with Crippen molar-refractivity contribution in [2.24, 2.45) is 0 Å². The molecule has 112 valence electrons. The fourth-order valence-corrected chi connectivity index (χ4v) is 1.78. The summed E-state index contributed by atoms with van der Waals surface area (Å²) in [6.07, 6.45) is -5.14. The van der Waals surface area contributed by atoms with Crippen LogP contribution in [0, 0.1) is 23.3 Å². The minimum absolute atomic E-state index is 0.379. The van der Waals surface area contributed by atoms with Crippen LogP contribution in [-0.4, -0.2) is 6.30 Å². The van der Waals surface area contributed by atoms with Gasteiger partial charge in [0.15, 0.2) is 0 Å². The lowest BCUT2D eigenvalue weighted by molar-refractivity contribution is -0.120. The van der Waals surface area contributed by atoms with Gasteiger partial charge >= 0.3 is 6.30 Å². The maximum Gasteiger partial charge on any atom is 0.489 e. The molecule has 0 amide bonds. The summed E-state index contributed by atoms with van der Waals surface area (Å²) in [7, 11) is 0. The van der Waals surface area contributed by atoms with E-state index in [2.05, 4.69) is 0 Å². The van der Waals surface area contributed by atoms with Crippen LogP contribution in [0.3, 0.4) is 0 Å². The second kappa shape index (κ2) is 5.27. The number of rotatable bonds is 2. The Kier molecular flexibility index (Phi) is 3.80. The molecule has 2 aromatic rings. The van der Waals surface area contributed by atoms with Crippen molar-refractivity contribution < 1.29 is 30.7 Å². The number of nitrogens with zero attached hydrogens (tertiary/aromatic N) is 1. The number of benzene rings is 2. The summed E-state index contributed by atoms with van der Waals surface area (Å²) in [5.41, 5.74) is -1.88. The number of hydrogen-bond donors (Lipinski definition) is 0. The first-order valence-electron chi connectivity index (χ1n) is 5.46. The lowest BCUT2D eigenvalue weighted by atomic mass is 10.2. The average molecular weight is 309 g/mol. The summed E-state index contributed by atoms with van der Waals surface area (Å²) >= 11 is 0. The summed E-state index contributed by atoms with van der Waals surface area (Å²) in [5, 5.41) is 0. The van der Waals surface area contributed by atoms with E-state index in [1.807, 2.05) is 0 Å². The zero-order chi connectivity index (χ0) is 15.8. The van der Waals surface area contributed by atoms with Gasteiger partial charge < -0.3 is 0 Å². The van der Waals surface area contributed by atoms with Crippen molar-refractivity contribution in [3.8, 4) is 0 Å². The second-order valence-electron chi connectivity index (χ2n) is 4.06. The van der Waals surface area contributed by atoms with Crippen LogP contribution < -0.4 is 4.90 Å². The Morgan fingerprint density at radius 3 is 1.10 bits per heavy atom. The Hall–Kier alpha value is -2.25. The van der Waals surface area contributed by atoms with Crippen LogP contribution in [0.1, 0.15) is 0 Å². The molecule has 0 fully saturated rings. The maximum absolute atomic E-state index is 13.1. The Morgan fingerprint density at radius 2 is 0.857 bits per heavy atom. The molecule has 0 spiro atoms. The number of alkyl halides is 3. The van der Waals surface area contributed by atoms with Crippen molar-refractivity contribution >= 4 is 11.4 Å². The lowest BCUT2D eigenvalue weighted by Crippen LogP contribution is -2.34. The van der Waals surface area contributed by atoms with E-state index in [1.165, 1.54) is 0 Å². The third kappa shape index (κ3) is 3.45. The molecule has 0 bridgehead atoms. The first-order valence-corrected chi connectivity index (χ1v) is 5.46. The van der Waals surface area contributed by atoms with Gasteiger partial charge in [0.1, 0.15) is 23.3 Å². The third-order valence-corrected chi connectivity index (χ3v) is 2.46. The van der Waals surface area contributed by atoms with E-state index >= 15 is 0 Å². The quantitative estimate of drug-likeness (QED) is 0.563. The Morgan fingerprint density at radius 1 is 0.571 bits per heavy atom. The molecule has 0 N–H and O–H groups in total. The van der Waals surface area contributed by atoms with Crippen LogP contribution in [-0.2, 0) is 0 Å². The van der Waals surface area contributed by atoms with E-state index in [1.54, 1.807) is 0 Å². The number of hydrogen-bond acceptors (Lipinski definition) is 1. The van der Waals surface area contributed by atoms with Gasteiger partial charge in [-0.25, -0.2) is 17.6 Å². The molecule has 0 saturated carbocycles. The summed E-state index contributed by atoms with van der Waals surface area (Å²) < 4.78 is 91.4. The van der Waals surface area contributed by atoms with Gasteiger partial charge in [0.25, 0.3) is 0 Å². The molecule has 2 rings (SSSR count). The molecule has 0 aliphatic rings. The van der Waals surface area contributed by atoms with Crippen molar-refractivity contribution in [3.63, 3.8) is 0 Å². The van der Waals surface area contributed by atoms with Crippen LogP contribution in [0.2, 0.25) is 0 Å². The van der Waals surface area contributed by atoms with Crippen molar-refractivity contribution in [2.45, 2.75) is 6.30 Å². The average Bonchev–Trinajstić information content (AvgIpc) is 2.23. The number of anilines is 2. The summed E-state index contributed by atoms with van der Waals surface area (Å²) in [5.74, 6) is -5.01. The molecule has 0 aliphatic heterocycles. The van der Waals surface area contributed by atoms with E-state index in [0.717, 1.165) is 0 Å². The van der Waals surface area contributed by atoms with E-state index < -0.39 is 45.8 Å². The standard InChI is InChI=1S/C13H6F7N/c14-7-1-8(15)4-11(3-7)21(13(18,19)20)12-5-9(16)2-10(17)6-12/h1-6H. The van der Waals surface area contributed by atoms with Gasteiger partial charge in [-0.05, 0) is 24.3 Å². The molecule has 0 heterocycles. The summed E-state index contributed by atoms with van der Waals surface area (Å²) in [6.45, 7) is 0. The molecule has 0 radical (unpaired) electrons. The molecule has 0 atom stereocenters. The molecular formula is C13H6F7N. The highest BCUT2D eigenvalue weighted by molar-refractivity contribution is 5.64. The van der Waals surface area contributed by atoms with E-state index in [9.17, 15) is 30.7 Å². The topological polar surface area (TPSA) is 3.24 Å². The zero-order valence-electron chi connectivity index (χ0n) is 10.1. The Bertz CT molecular complexity index is 574. The Balaban J connectivity index is 2.63. The van der Waals surface area contributed by atoms with Gasteiger partial charge in [-0.1, -0.05) is 0 Å². The summed E-state index contributed by atoms with van der Waals surface area (Å²) in [6, 6.07) is 2.37. The molecular weight excluding hydrogens is 303 g/mol. The fourth-order valence-electron chi connectivity index (χ4n) is 1.78. The highest BCUT2D eigenvalue weighted by Crippen LogP contribution is 2.37. The van der Waals surface area contributed by atoms with Gasteiger partial charge in [0.05, 0.1) is 11.4 Å². The highest BCUT2D eigenvalue weighted by atomic mass is 19.4. The first kappa shape index (κ1) is 15.1. The molecule has 2 aromatic carbocycles. The van der Waals surface area contributed by atoms with Gasteiger partial charge in [0, 0.05) is 12.1 Å². The van der Waals surface area contributed by atoms with Crippen molar-refractivity contribution in [3.05, 3.63) is 59.7 Å². The van der Waals surface area contributed by atoms with E-state index in [4.69, 9.17) is 0 Å². The minimum Gasteiger partial charge on any atom is -0.253 e. The molecule has 0 unspecified atom stereocenters. The fraction of sp³-hybridized carbons (Fsp3) is 0.0769. The van der Waals surface area contributed by atoms with Gasteiger partial charge in [-0.2, -0.15) is 0 Å². The maximum atomic E-state index is 13.1. The van der Waals surface area contributed by atoms with Crippen molar-refractivity contribution in [2.75, 3.05) is 4.90 Å². The molecule has 0 saturated heterocycles. The zero-order valence-corrected chi connectivity index (χ0v) is 10.1. The predicted molar refractivity (Wildman–Crippen MR) is 60.9 cm³/mol. The molecule has 21 heavy (non-hydrogen) atoms. The predicted octanol–water partition coefficient (Wildman–Crippen LogP) is 4.90. The number of halogens is 7. The minimum atomic E-state index is -5.14. The molecule has 1 nitrogen and oxygen atoms in total. The van der Waals surface area contributed by atoms with Gasteiger partial charge in [0.2, 0.25) is 0 Å². The van der Waals surface area contributed by atoms with Crippen LogP contribution in [0.15, 0.2) is 36.4 Å². The SMILES string of the molecule is Fc1cc(F)cc(N(c2cc(F)cc(F)c2)C(F)(F)F)c1. The normalized spacial score (nSPS) is 11.6. The smallest absolute Gasteiger partial charge is 0.253 e. The first-order chi connectivity index (χ1) is 9.66.